The van der Waals surface area contributed by atoms with Crippen LogP contribution in [0.15, 0.2) is 158 Å². The highest BCUT2D eigenvalue weighted by molar-refractivity contribution is 7.43. The summed E-state index contributed by atoms with van der Waals surface area (Å²) in [6.45, 7) is 0. The number of aryl methyl sites for hydroxylation is 4. The van der Waals surface area contributed by atoms with Crippen LogP contribution in [-0.4, -0.2) is 78.5 Å². The van der Waals surface area contributed by atoms with Crippen LogP contribution < -0.4 is 27.1 Å². The van der Waals surface area contributed by atoms with Crippen LogP contribution in [0, 0.1) is 0 Å². The predicted octanol–water partition coefficient (Wildman–Crippen LogP) is 13.8. The van der Waals surface area contributed by atoms with Crippen molar-refractivity contribution in [3.63, 3.8) is 0 Å². The van der Waals surface area contributed by atoms with E-state index in [1.54, 1.807) is 158 Å². The normalized spacial score (nSPS) is 10.8. The van der Waals surface area contributed by atoms with Gasteiger partial charge in [-0.3, -0.25) is 19.2 Å². The summed E-state index contributed by atoms with van der Waals surface area (Å²) < 4.78 is 72.5. The average Bonchev–Trinajstić information content (AvgIpc) is 1.29. The molecule has 0 amide bonds. The molecule has 0 spiro atoms. The minimum absolute atomic E-state index is 0. The molecule has 0 bridgehead atoms. The second-order valence-corrected chi connectivity index (χ2v) is 20.4. The highest BCUT2D eigenvalue weighted by Gasteiger charge is 2.36. The Kier molecular flexibility index (Phi) is 23.0. The Bertz CT molecular complexity index is 3310. The van der Waals surface area contributed by atoms with E-state index in [0.29, 0.717) is 43.8 Å². The van der Waals surface area contributed by atoms with Gasteiger partial charge in [-0.15, -0.1) is 0 Å². The third-order valence-electron chi connectivity index (χ3n) is 13.3. The van der Waals surface area contributed by atoms with Crippen LogP contribution in [0.3, 0.4) is 0 Å². The van der Waals surface area contributed by atoms with Crippen LogP contribution >= 0.6 is 17.2 Å². The van der Waals surface area contributed by atoms with Crippen LogP contribution in [0.5, 0.6) is 34.5 Å². The fourth-order valence-corrected chi connectivity index (χ4v) is 11.3. The van der Waals surface area contributed by atoms with Crippen molar-refractivity contribution in [2.75, 3.05) is 42.7 Å². The Morgan fingerprint density at radius 3 is 0.859 bits per heavy atom. The molecule has 0 aliphatic rings. The molecule has 0 aromatic heterocycles. The third kappa shape index (κ3) is 16.1. The molecule has 18 nitrogen and oxygen atoms in total. The van der Waals surface area contributed by atoms with E-state index in [1.165, 1.54) is 42.7 Å². The fourth-order valence-electron chi connectivity index (χ4n) is 9.00. The summed E-state index contributed by atoms with van der Waals surface area (Å²) in [5.41, 5.74) is 2.54. The lowest BCUT2D eigenvalue weighted by atomic mass is 9.89. The lowest BCUT2D eigenvalue weighted by molar-refractivity contribution is -0.141. The molecule has 0 atom stereocenters. The standard InChI is InChI=1S/C64H60O18P2.CH4/c1-71-55(65)35-31-41-19-9-15-27-51(41)77-83(78-52-28-16-10-20-42(52)32-36-56(66)72-2)81-61-49(63(69)75-5)39-45-23-7-13-25-47(45)59(61)60-48-26-14-8-24-46(48)40-50(64(70)76-6)62(60)82-84(79-53-29-17-11-21-43(53)33-37-57(67)73-3)80-54-30-18-12-22-44(54)34-38-58(68)74-4;/h7-30,39-40H,31-38H2,1-6H3;1H4. The Hall–Kier alpha value is -9.24. The molecule has 0 aliphatic carbocycles. The molecule has 8 rings (SSSR count). The molecule has 0 aliphatic heterocycles. The van der Waals surface area contributed by atoms with Gasteiger partial charge >= 0.3 is 53.0 Å². The number of esters is 6. The summed E-state index contributed by atoms with van der Waals surface area (Å²) in [4.78, 5) is 79.3. The SMILES string of the molecule is C.COC(=O)CCc1ccccc1OP(Oc1ccccc1CCC(=O)OC)Oc1c(C(=O)OC)cc2ccccc2c1-c1c(OP(Oc2ccccc2CCC(=O)OC)Oc2ccccc2CCC(=O)OC)c(C(=O)OC)cc2ccccc12. The Balaban J connectivity index is 0.0000104. The molecule has 0 radical (unpaired) electrons. The number of ether oxygens (including phenoxy) is 6. The zero-order valence-corrected chi connectivity index (χ0v) is 48.7. The number of carbonyl (C=O) groups is 6. The van der Waals surface area contributed by atoms with E-state index in [0.717, 1.165) is 0 Å². The van der Waals surface area contributed by atoms with Gasteiger partial charge in [-0.25, -0.2) is 9.59 Å². The van der Waals surface area contributed by atoms with Crippen molar-refractivity contribution in [1.29, 1.82) is 0 Å². The second kappa shape index (κ2) is 30.9. The Labute approximate surface area is 495 Å². The highest BCUT2D eigenvalue weighted by Crippen LogP contribution is 2.56. The van der Waals surface area contributed by atoms with Crippen molar-refractivity contribution < 1.29 is 84.3 Å². The van der Waals surface area contributed by atoms with Crippen molar-refractivity contribution in [1.82, 2.24) is 0 Å². The fraction of sp³-hybridized carbons (Fsp3) is 0.231. The van der Waals surface area contributed by atoms with Crippen LogP contribution in [0.25, 0.3) is 32.7 Å². The van der Waals surface area contributed by atoms with E-state index in [-0.39, 0.29) is 116 Å². The molecular formula is C65H64O18P2. The first-order valence-electron chi connectivity index (χ1n) is 26.4. The van der Waals surface area contributed by atoms with Crippen molar-refractivity contribution in [2.24, 2.45) is 0 Å². The highest BCUT2D eigenvalue weighted by atomic mass is 31.2. The van der Waals surface area contributed by atoms with Gasteiger partial charge in [0.05, 0.1) is 42.7 Å². The Morgan fingerprint density at radius 1 is 0.329 bits per heavy atom. The van der Waals surface area contributed by atoms with E-state index >= 15 is 0 Å². The number of carbonyl (C=O) groups excluding carboxylic acids is 6. The number of hydrogen-bond acceptors (Lipinski definition) is 18. The van der Waals surface area contributed by atoms with E-state index in [2.05, 4.69) is 0 Å². The largest absolute Gasteiger partial charge is 0.530 e. The van der Waals surface area contributed by atoms with Gasteiger partial charge in [0.15, 0.2) is 11.5 Å². The summed E-state index contributed by atoms with van der Waals surface area (Å²) in [5, 5.41) is 2.02. The molecule has 442 valence electrons. The lowest BCUT2D eigenvalue weighted by Crippen LogP contribution is -2.13. The maximum absolute atomic E-state index is 14.6. The topological polar surface area (TPSA) is 213 Å². The maximum atomic E-state index is 14.6. The van der Waals surface area contributed by atoms with Gasteiger partial charge < -0.3 is 55.6 Å². The van der Waals surface area contributed by atoms with Crippen molar-refractivity contribution in [2.45, 2.75) is 58.8 Å². The van der Waals surface area contributed by atoms with Crippen LogP contribution in [-0.2, 0) is 73.3 Å². The lowest BCUT2D eigenvalue weighted by Gasteiger charge is -2.26. The second-order valence-electron chi connectivity index (χ2n) is 18.4. The van der Waals surface area contributed by atoms with Crippen LogP contribution in [0.4, 0.5) is 0 Å². The average molecular weight is 1200 g/mol. The van der Waals surface area contributed by atoms with Gasteiger partial charge in [-0.2, -0.15) is 0 Å². The van der Waals surface area contributed by atoms with Crippen molar-refractivity contribution >= 4 is 74.6 Å². The zero-order valence-electron chi connectivity index (χ0n) is 46.9. The monoisotopic (exact) mass is 1190 g/mol. The van der Waals surface area contributed by atoms with Gasteiger partial charge in [-0.05, 0) is 106 Å². The van der Waals surface area contributed by atoms with E-state index in [1.807, 2.05) is 0 Å². The molecule has 0 N–H and O–H groups in total. The van der Waals surface area contributed by atoms with Crippen LogP contribution in [0.1, 0.15) is 76.1 Å². The van der Waals surface area contributed by atoms with Crippen LogP contribution in [0.2, 0.25) is 0 Å². The summed E-state index contributed by atoms with van der Waals surface area (Å²) in [6.07, 6.45) is 0.820. The summed E-state index contributed by atoms with van der Waals surface area (Å²) in [6, 6.07) is 45.5. The maximum Gasteiger partial charge on any atom is 0.530 e. The molecule has 0 fully saturated rings. The summed E-state index contributed by atoms with van der Waals surface area (Å²) in [7, 11) is 2.13. The number of methoxy groups -OCH3 is 6. The van der Waals surface area contributed by atoms with Gasteiger partial charge in [0.1, 0.15) is 34.1 Å². The molecule has 0 unspecified atom stereocenters. The zero-order chi connectivity index (χ0) is 59.5. The summed E-state index contributed by atoms with van der Waals surface area (Å²) >= 11 is 0. The number of para-hydroxylation sites is 4. The molecule has 0 heterocycles. The quantitative estimate of drug-likeness (QED) is 0.0266. The minimum atomic E-state index is -2.76. The van der Waals surface area contributed by atoms with Gasteiger partial charge in [0.25, 0.3) is 0 Å². The van der Waals surface area contributed by atoms with Crippen molar-refractivity contribution in [3.05, 3.63) is 191 Å². The van der Waals surface area contributed by atoms with Gasteiger partial charge in [0.2, 0.25) is 0 Å². The molecule has 85 heavy (non-hydrogen) atoms. The molecule has 0 saturated heterocycles. The molecular weight excluding hydrogens is 1130 g/mol. The Morgan fingerprint density at radius 2 is 0.588 bits per heavy atom. The minimum Gasteiger partial charge on any atom is -0.469 e. The van der Waals surface area contributed by atoms with E-state index in [4.69, 9.17) is 55.6 Å². The molecule has 8 aromatic rings. The first-order valence-corrected chi connectivity index (χ1v) is 28.6. The number of benzene rings is 8. The molecule has 8 aromatic carbocycles. The number of fused-ring (bicyclic) bond motifs is 2. The van der Waals surface area contributed by atoms with E-state index < -0.39 is 53.0 Å². The third-order valence-corrected chi connectivity index (χ3v) is 15.3. The molecule has 0 saturated carbocycles. The first kappa shape index (κ1) is 63.3. The first-order chi connectivity index (χ1) is 40.9. The smallest absolute Gasteiger partial charge is 0.469 e. The van der Waals surface area contributed by atoms with Gasteiger partial charge in [0, 0.05) is 36.8 Å². The number of hydrogen-bond donors (Lipinski definition) is 0. The van der Waals surface area contributed by atoms with Gasteiger partial charge in [-0.1, -0.05) is 129 Å². The van der Waals surface area contributed by atoms with E-state index in [9.17, 15) is 28.8 Å². The predicted molar refractivity (Wildman–Crippen MR) is 321 cm³/mol. The van der Waals surface area contributed by atoms with Crippen molar-refractivity contribution in [3.8, 4) is 45.6 Å². The molecule has 20 heteroatoms. The summed E-state index contributed by atoms with van der Waals surface area (Å²) in [5.74, 6) is -2.69. The number of rotatable bonds is 27.